The Morgan fingerprint density at radius 2 is 1.82 bits per heavy atom. The van der Waals surface area contributed by atoms with Gasteiger partial charge in [-0.15, -0.1) is 0 Å². The third-order valence-corrected chi connectivity index (χ3v) is 8.56. The van der Waals surface area contributed by atoms with Gasteiger partial charge in [0.1, 0.15) is 11.8 Å². The van der Waals surface area contributed by atoms with Gasteiger partial charge in [-0.25, -0.2) is 0 Å². The fourth-order valence-corrected chi connectivity index (χ4v) is 6.31. The molecule has 1 spiro atoms. The summed E-state index contributed by atoms with van der Waals surface area (Å²) in [5.41, 5.74) is 4.43. The fourth-order valence-electron chi connectivity index (χ4n) is 6.31. The lowest BCUT2D eigenvalue weighted by Gasteiger charge is -2.38. The third kappa shape index (κ3) is 4.05. The molecule has 0 aromatic heterocycles. The highest BCUT2D eigenvalue weighted by Gasteiger charge is 2.47. The van der Waals surface area contributed by atoms with E-state index in [2.05, 4.69) is 10.2 Å². The molecule has 0 bridgehead atoms. The van der Waals surface area contributed by atoms with E-state index >= 15 is 0 Å². The van der Waals surface area contributed by atoms with Crippen LogP contribution in [0.1, 0.15) is 63.1 Å². The van der Waals surface area contributed by atoms with E-state index in [0.717, 1.165) is 43.8 Å². The van der Waals surface area contributed by atoms with E-state index < -0.39 is 11.9 Å². The van der Waals surface area contributed by atoms with Gasteiger partial charge < -0.3 is 14.5 Å². The van der Waals surface area contributed by atoms with Gasteiger partial charge in [0, 0.05) is 54.7 Å². The van der Waals surface area contributed by atoms with E-state index in [4.69, 9.17) is 4.74 Å². The number of hydrogen-bond acceptors (Lipinski definition) is 6. The van der Waals surface area contributed by atoms with Gasteiger partial charge in [0.05, 0.1) is 13.2 Å². The van der Waals surface area contributed by atoms with E-state index in [1.807, 2.05) is 36.4 Å². The Morgan fingerprint density at radius 1 is 1.08 bits per heavy atom. The SMILES string of the molecule is CN(C)C(=O)c1ccc(CN2CCC3(CC2)COc2c3ccc3c2CN(C2CCC(=O)NC2=O)C3=O)cc1. The second kappa shape index (κ2) is 9.23. The maximum absolute atomic E-state index is 13.2. The van der Waals surface area contributed by atoms with Gasteiger partial charge >= 0.3 is 0 Å². The highest BCUT2D eigenvalue weighted by molar-refractivity contribution is 6.05. The highest BCUT2D eigenvalue weighted by atomic mass is 16.5. The second-order valence-electron chi connectivity index (χ2n) is 11.1. The molecule has 2 aromatic carbocycles. The van der Waals surface area contributed by atoms with Crippen LogP contribution in [-0.4, -0.2) is 78.2 Å². The number of rotatable bonds is 4. The van der Waals surface area contributed by atoms with Crippen LogP contribution in [0.15, 0.2) is 36.4 Å². The van der Waals surface area contributed by atoms with Crippen molar-refractivity contribution in [1.82, 2.24) is 20.0 Å². The molecule has 2 saturated heterocycles. The average Bonchev–Trinajstić information content (AvgIpc) is 3.43. The number of likely N-dealkylation sites (tertiary alicyclic amines) is 1. The van der Waals surface area contributed by atoms with Crippen molar-refractivity contribution in [3.05, 3.63) is 64.2 Å². The van der Waals surface area contributed by atoms with E-state index in [1.54, 1.807) is 23.9 Å². The number of nitrogens with one attached hydrogen (secondary N) is 1. The van der Waals surface area contributed by atoms with Gasteiger partial charge in [-0.3, -0.25) is 29.4 Å². The average molecular weight is 517 g/mol. The Kier molecular flexibility index (Phi) is 5.98. The van der Waals surface area contributed by atoms with Gasteiger partial charge in [0.25, 0.3) is 11.8 Å². The number of ether oxygens (including phenoxy) is 1. The fraction of sp³-hybridized carbons (Fsp3) is 0.448. The van der Waals surface area contributed by atoms with Crippen molar-refractivity contribution in [2.45, 2.75) is 50.2 Å². The maximum Gasteiger partial charge on any atom is 0.255 e. The van der Waals surface area contributed by atoms with E-state index in [-0.39, 0.29) is 29.6 Å². The summed E-state index contributed by atoms with van der Waals surface area (Å²) in [4.78, 5) is 54.9. The molecule has 0 radical (unpaired) electrons. The molecule has 9 heteroatoms. The molecule has 0 saturated carbocycles. The Hall–Kier alpha value is -3.72. The summed E-state index contributed by atoms with van der Waals surface area (Å²) in [6.07, 6.45) is 2.51. The van der Waals surface area contributed by atoms with Crippen LogP contribution in [0.3, 0.4) is 0 Å². The van der Waals surface area contributed by atoms with Crippen LogP contribution in [0.5, 0.6) is 5.75 Å². The minimum atomic E-state index is -0.628. The van der Waals surface area contributed by atoms with Crippen LogP contribution in [0, 0.1) is 0 Å². The Morgan fingerprint density at radius 3 is 2.50 bits per heavy atom. The van der Waals surface area contributed by atoms with Crippen LogP contribution < -0.4 is 10.1 Å². The minimum Gasteiger partial charge on any atom is -0.492 e. The number of hydrogen-bond donors (Lipinski definition) is 1. The summed E-state index contributed by atoms with van der Waals surface area (Å²) < 4.78 is 6.28. The van der Waals surface area contributed by atoms with Crippen molar-refractivity contribution in [3.8, 4) is 5.75 Å². The molecule has 0 aliphatic carbocycles. The molecule has 198 valence electrons. The molecule has 1 unspecified atom stereocenters. The molecule has 9 nitrogen and oxygen atoms in total. The summed E-state index contributed by atoms with van der Waals surface area (Å²) in [5.74, 6) is -0.0490. The number of carbonyl (C=O) groups excluding carboxylic acids is 4. The molecule has 4 aliphatic rings. The Labute approximate surface area is 221 Å². The van der Waals surface area contributed by atoms with Crippen molar-refractivity contribution in [2.75, 3.05) is 33.8 Å². The van der Waals surface area contributed by atoms with E-state index in [1.165, 1.54) is 11.1 Å². The largest absolute Gasteiger partial charge is 0.492 e. The molecule has 1 atom stereocenters. The molecule has 38 heavy (non-hydrogen) atoms. The van der Waals surface area contributed by atoms with E-state index in [0.29, 0.717) is 30.7 Å². The van der Waals surface area contributed by atoms with Crippen molar-refractivity contribution >= 4 is 23.6 Å². The molecule has 6 rings (SSSR count). The number of carbonyl (C=O) groups is 4. The molecule has 4 amide bonds. The first kappa shape index (κ1) is 24.6. The van der Waals surface area contributed by atoms with Crippen LogP contribution in [0.25, 0.3) is 0 Å². The number of piperidine rings is 2. The zero-order valence-corrected chi connectivity index (χ0v) is 21.8. The van der Waals surface area contributed by atoms with Gasteiger partial charge in [-0.05, 0) is 56.1 Å². The predicted molar refractivity (Wildman–Crippen MR) is 139 cm³/mol. The van der Waals surface area contributed by atoms with Gasteiger partial charge in [-0.1, -0.05) is 18.2 Å². The zero-order valence-electron chi connectivity index (χ0n) is 21.8. The Balaban J connectivity index is 1.14. The lowest BCUT2D eigenvalue weighted by atomic mass is 9.74. The summed E-state index contributed by atoms with van der Waals surface area (Å²) >= 11 is 0. The highest BCUT2D eigenvalue weighted by Crippen LogP contribution is 2.49. The molecule has 4 heterocycles. The van der Waals surface area contributed by atoms with Crippen molar-refractivity contribution in [1.29, 1.82) is 0 Å². The number of benzene rings is 2. The van der Waals surface area contributed by atoms with Crippen molar-refractivity contribution < 1.29 is 23.9 Å². The standard InChI is InChI=1S/C29H32N4O5/c1-31(2)27(36)19-5-3-18(4-6-19)15-32-13-11-29(12-14-32)17-38-25-21-16-33(23-9-10-24(34)30-26(23)35)28(37)20(21)7-8-22(25)29/h3-8,23H,9-17H2,1-2H3,(H,30,34,35). The molecule has 2 aromatic rings. The van der Waals surface area contributed by atoms with Gasteiger partial charge in [0.2, 0.25) is 11.8 Å². The number of amides is 4. The van der Waals surface area contributed by atoms with Crippen LogP contribution >= 0.6 is 0 Å². The van der Waals surface area contributed by atoms with E-state index in [9.17, 15) is 19.2 Å². The van der Waals surface area contributed by atoms with Gasteiger partial charge in [-0.2, -0.15) is 0 Å². The topological polar surface area (TPSA) is 99.3 Å². The summed E-state index contributed by atoms with van der Waals surface area (Å²) in [5, 5.41) is 2.36. The summed E-state index contributed by atoms with van der Waals surface area (Å²) in [7, 11) is 3.51. The zero-order chi connectivity index (χ0) is 26.6. The quantitative estimate of drug-likeness (QED) is 0.625. The maximum atomic E-state index is 13.2. The first-order valence-corrected chi connectivity index (χ1v) is 13.2. The summed E-state index contributed by atoms with van der Waals surface area (Å²) in [6.45, 7) is 3.62. The van der Waals surface area contributed by atoms with Crippen LogP contribution in [0.2, 0.25) is 0 Å². The summed E-state index contributed by atoms with van der Waals surface area (Å²) in [6, 6.07) is 11.2. The lowest BCUT2D eigenvalue weighted by Crippen LogP contribution is -2.52. The third-order valence-electron chi connectivity index (χ3n) is 8.56. The minimum absolute atomic E-state index is 0.00442. The molecule has 4 aliphatic heterocycles. The smallest absolute Gasteiger partial charge is 0.255 e. The van der Waals surface area contributed by atoms with Crippen molar-refractivity contribution in [3.63, 3.8) is 0 Å². The first-order chi connectivity index (χ1) is 18.3. The normalized spacial score (nSPS) is 22.2. The predicted octanol–water partition coefficient (Wildman–Crippen LogP) is 2.08. The molecule has 1 N–H and O–H groups in total. The molecule has 2 fully saturated rings. The Bertz CT molecular complexity index is 1330. The second-order valence-corrected chi connectivity index (χ2v) is 11.1. The molecular weight excluding hydrogens is 484 g/mol. The monoisotopic (exact) mass is 516 g/mol. The first-order valence-electron chi connectivity index (χ1n) is 13.2. The van der Waals surface area contributed by atoms with Crippen molar-refractivity contribution in [2.24, 2.45) is 0 Å². The molecular formula is C29H32N4O5. The number of nitrogens with zero attached hydrogens (tertiary/aromatic N) is 3. The number of imide groups is 1. The van der Waals surface area contributed by atoms with Gasteiger partial charge in [0.15, 0.2) is 0 Å². The number of fused-ring (bicyclic) bond motifs is 4. The lowest BCUT2D eigenvalue weighted by molar-refractivity contribution is -0.136. The van der Waals surface area contributed by atoms with Crippen LogP contribution in [-0.2, 0) is 28.1 Å². The van der Waals surface area contributed by atoms with Crippen LogP contribution in [0.4, 0.5) is 0 Å².